The number of fused-ring (bicyclic) bond motifs is 6. The van der Waals surface area contributed by atoms with Crippen LogP contribution in [-0.4, -0.2) is 0 Å². The topological polar surface area (TPSA) is 16.4 Å². The molecule has 0 N–H and O–H groups in total. The SMILES string of the molecule is [2H]c1c([2H])c([2H])c(-c2c([2H])c([2H])c(N(c3ccc(-c4cccc5ccccc45)cc3)c3ccccc3-c3ccc4oc5c6ccccc6ccc5c4c3)c([2H])c2[2H])c([2H])c1[2H]. The molecule has 2 nitrogen and oxygen atoms in total. The molecule has 0 radical (unpaired) electrons. The number of anilines is 3. The fourth-order valence-electron chi connectivity index (χ4n) is 7.16. The summed E-state index contributed by atoms with van der Waals surface area (Å²) in [5.41, 5.74) is 5.31. The van der Waals surface area contributed by atoms with E-state index in [1.165, 1.54) is 0 Å². The van der Waals surface area contributed by atoms with Gasteiger partial charge in [-0.1, -0.05) is 151 Å². The highest BCUT2D eigenvalue weighted by Crippen LogP contribution is 2.44. The average Bonchev–Trinajstić information content (AvgIpc) is 3.68. The summed E-state index contributed by atoms with van der Waals surface area (Å²) in [5, 5.41) is 6.12. The maximum absolute atomic E-state index is 9.53. The number of hydrogen-bond donors (Lipinski definition) is 0. The maximum atomic E-state index is 9.53. The summed E-state index contributed by atoms with van der Waals surface area (Å²) in [7, 11) is 0. The van der Waals surface area contributed by atoms with Gasteiger partial charge in [-0.3, -0.25) is 0 Å². The summed E-state index contributed by atoms with van der Waals surface area (Å²) >= 11 is 0. The first-order valence-corrected chi connectivity index (χ1v) is 17.0. The van der Waals surface area contributed by atoms with Crippen molar-refractivity contribution in [1.29, 1.82) is 0 Å². The van der Waals surface area contributed by atoms with Crippen molar-refractivity contribution in [1.82, 2.24) is 0 Å². The summed E-state index contributed by atoms with van der Waals surface area (Å²) in [5.74, 6) is 0. The summed E-state index contributed by atoms with van der Waals surface area (Å²) in [6, 6.07) is 42.7. The number of furan rings is 1. The first-order valence-electron chi connectivity index (χ1n) is 21.5. The van der Waals surface area contributed by atoms with E-state index in [4.69, 9.17) is 11.3 Å². The summed E-state index contributed by atoms with van der Waals surface area (Å²) in [6.07, 6.45) is 0. The average molecular weight is 673 g/mol. The third-order valence-corrected chi connectivity index (χ3v) is 9.63. The van der Waals surface area contributed by atoms with E-state index in [1.54, 1.807) is 4.90 Å². The van der Waals surface area contributed by atoms with E-state index in [0.29, 0.717) is 11.4 Å². The Morgan fingerprint density at radius 2 is 1.06 bits per heavy atom. The Kier molecular flexibility index (Phi) is 5.28. The molecule has 0 amide bonds. The minimum Gasteiger partial charge on any atom is -0.455 e. The van der Waals surface area contributed by atoms with Crippen molar-refractivity contribution < 1.29 is 16.8 Å². The van der Waals surface area contributed by atoms with Crippen LogP contribution in [0.5, 0.6) is 0 Å². The molecular formula is C50H33NO. The monoisotopic (exact) mass is 672 g/mol. The molecule has 0 aliphatic carbocycles. The fourth-order valence-corrected chi connectivity index (χ4v) is 7.16. The van der Waals surface area contributed by atoms with Crippen LogP contribution in [0.3, 0.4) is 0 Å². The zero-order chi connectivity index (χ0) is 42.3. The predicted molar refractivity (Wildman–Crippen MR) is 220 cm³/mol. The molecule has 10 aromatic rings. The smallest absolute Gasteiger partial charge is 0.143 e. The minimum absolute atomic E-state index is 0.0715. The largest absolute Gasteiger partial charge is 0.455 e. The molecular weight excluding hydrogens is 631 g/mol. The lowest BCUT2D eigenvalue weighted by Gasteiger charge is -2.28. The van der Waals surface area contributed by atoms with Crippen LogP contribution < -0.4 is 4.90 Å². The molecule has 0 fully saturated rings. The fraction of sp³-hybridized carbons (Fsp3) is 0. The van der Waals surface area contributed by atoms with Gasteiger partial charge in [0, 0.05) is 33.1 Å². The van der Waals surface area contributed by atoms with Gasteiger partial charge >= 0.3 is 0 Å². The number of rotatable bonds is 6. The Morgan fingerprint density at radius 3 is 1.88 bits per heavy atom. The highest BCUT2D eigenvalue weighted by Gasteiger charge is 2.19. The van der Waals surface area contributed by atoms with Crippen molar-refractivity contribution in [2.45, 2.75) is 0 Å². The molecule has 52 heavy (non-hydrogen) atoms. The number of para-hydroxylation sites is 1. The predicted octanol–water partition coefficient (Wildman–Crippen LogP) is 14.4. The van der Waals surface area contributed by atoms with Crippen LogP contribution in [0.4, 0.5) is 17.1 Å². The van der Waals surface area contributed by atoms with E-state index in [-0.39, 0.29) is 11.3 Å². The van der Waals surface area contributed by atoms with Crippen molar-refractivity contribution in [3.8, 4) is 33.4 Å². The Balaban J connectivity index is 1.20. The molecule has 0 saturated heterocycles. The van der Waals surface area contributed by atoms with E-state index in [0.717, 1.165) is 65.7 Å². The van der Waals surface area contributed by atoms with Gasteiger partial charge in [0.05, 0.1) is 18.0 Å². The normalized spacial score (nSPS) is 13.9. The second-order valence-corrected chi connectivity index (χ2v) is 12.6. The molecule has 2 heteroatoms. The van der Waals surface area contributed by atoms with Crippen molar-refractivity contribution in [2.75, 3.05) is 4.90 Å². The van der Waals surface area contributed by atoms with Gasteiger partial charge in [-0.15, -0.1) is 0 Å². The second kappa shape index (κ2) is 12.5. The standard InChI is InChI=1S/C50H33NO/c1-2-11-34(12-3-1)35-21-27-40(28-22-35)51(41-29-23-38(24-30-41)43-19-10-15-36-13-4-6-16-42(36)43)48-20-9-8-17-44(48)39-26-32-49-47(33-39)46-31-25-37-14-5-7-18-45(37)50(46)52-49/h1-33H/i1D,2D,3D,11D,12D,21D,22D,27D,28D. The molecule has 1 aromatic heterocycles. The molecule has 0 aliphatic rings. The number of hydrogen-bond acceptors (Lipinski definition) is 2. The second-order valence-electron chi connectivity index (χ2n) is 12.6. The van der Waals surface area contributed by atoms with Crippen LogP contribution in [0, 0.1) is 0 Å². The lowest BCUT2D eigenvalue weighted by Crippen LogP contribution is -2.11. The molecule has 0 bridgehead atoms. The van der Waals surface area contributed by atoms with Gasteiger partial charge in [0.2, 0.25) is 0 Å². The van der Waals surface area contributed by atoms with Gasteiger partial charge < -0.3 is 9.32 Å². The molecule has 244 valence electrons. The third kappa shape index (κ3) is 5.12. The first kappa shape index (κ1) is 22.0. The highest BCUT2D eigenvalue weighted by molar-refractivity contribution is 6.15. The van der Waals surface area contributed by atoms with E-state index in [2.05, 4.69) is 48.5 Å². The number of benzene rings is 9. The van der Waals surface area contributed by atoms with Crippen LogP contribution in [0.15, 0.2) is 204 Å². The van der Waals surface area contributed by atoms with Crippen LogP contribution in [0.25, 0.3) is 76.9 Å². The van der Waals surface area contributed by atoms with Crippen molar-refractivity contribution >= 4 is 60.5 Å². The van der Waals surface area contributed by atoms with Crippen LogP contribution in [0.2, 0.25) is 0 Å². The molecule has 9 aromatic carbocycles. The van der Waals surface area contributed by atoms with Gasteiger partial charge in [0.15, 0.2) is 0 Å². The zero-order valence-corrected chi connectivity index (χ0v) is 27.7. The van der Waals surface area contributed by atoms with Crippen LogP contribution >= 0.6 is 0 Å². The quantitative estimate of drug-likeness (QED) is 0.175. The Labute approximate surface area is 315 Å². The molecule has 0 saturated carbocycles. The van der Waals surface area contributed by atoms with E-state index in [1.807, 2.05) is 97.1 Å². The summed E-state index contributed by atoms with van der Waals surface area (Å²) in [4.78, 5) is 1.71. The van der Waals surface area contributed by atoms with Gasteiger partial charge in [-0.05, 0) is 92.5 Å². The van der Waals surface area contributed by atoms with E-state index >= 15 is 0 Å². The lowest BCUT2D eigenvalue weighted by atomic mass is 9.97. The molecule has 10 rings (SSSR count). The zero-order valence-electron chi connectivity index (χ0n) is 36.7. The third-order valence-electron chi connectivity index (χ3n) is 9.63. The van der Waals surface area contributed by atoms with Crippen LogP contribution in [0.1, 0.15) is 12.3 Å². The number of nitrogens with zero attached hydrogens (tertiary/aromatic N) is 1. The molecule has 0 spiro atoms. The summed E-state index contributed by atoms with van der Waals surface area (Å²) < 4.78 is 86.0. The molecule has 0 unspecified atom stereocenters. The molecule has 1 heterocycles. The Hall–Kier alpha value is -6.90. The van der Waals surface area contributed by atoms with Gasteiger partial charge in [-0.2, -0.15) is 0 Å². The van der Waals surface area contributed by atoms with Gasteiger partial charge in [-0.25, -0.2) is 0 Å². The summed E-state index contributed by atoms with van der Waals surface area (Å²) in [6.45, 7) is 0. The highest BCUT2D eigenvalue weighted by atomic mass is 16.3. The maximum Gasteiger partial charge on any atom is 0.143 e. The minimum atomic E-state index is -0.630. The van der Waals surface area contributed by atoms with Gasteiger partial charge in [0.25, 0.3) is 0 Å². The van der Waals surface area contributed by atoms with Crippen molar-refractivity contribution in [2.24, 2.45) is 0 Å². The van der Waals surface area contributed by atoms with Crippen molar-refractivity contribution in [3.63, 3.8) is 0 Å². The molecule has 0 atom stereocenters. The lowest BCUT2D eigenvalue weighted by molar-refractivity contribution is 0.672. The Bertz CT molecular complexity index is 3370. The molecule has 0 aliphatic heterocycles. The van der Waals surface area contributed by atoms with Crippen LogP contribution in [-0.2, 0) is 0 Å². The van der Waals surface area contributed by atoms with E-state index in [9.17, 15) is 5.48 Å². The Morgan fingerprint density at radius 1 is 0.404 bits per heavy atom. The van der Waals surface area contributed by atoms with Gasteiger partial charge in [0.1, 0.15) is 11.2 Å². The van der Waals surface area contributed by atoms with Crippen molar-refractivity contribution in [3.05, 3.63) is 200 Å². The van der Waals surface area contributed by atoms with E-state index < -0.39 is 59.9 Å². The first-order chi connectivity index (χ1) is 29.5.